The maximum atomic E-state index is 10.6. The van der Waals surface area contributed by atoms with E-state index >= 15 is 0 Å². The number of rotatable bonds is 4. The number of aliphatic carboxylic acids is 1. The summed E-state index contributed by atoms with van der Waals surface area (Å²) in [6.45, 7) is 2.00. The number of aromatic nitrogens is 3. The Morgan fingerprint density at radius 1 is 1.47 bits per heavy atom. The van der Waals surface area contributed by atoms with E-state index in [-0.39, 0.29) is 5.75 Å². The second-order valence-electron chi connectivity index (χ2n) is 4.01. The van der Waals surface area contributed by atoms with Crippen LogP contribution in [-0.4, -0.2) is 31.6 Å². The quantitative estimate of drug-likeness (QED) is 0.866. The fourth-order valence-electron chi connectivity index (χ4n) is 1.60. The number of halogens is 1. The van der Waals surface area contributed by atoms with Crippen LogP contribution in [0.2, 0.25) is 0 Å². The minimum Gasteiger partial charge on any atom is -0.481 e. The van der Waals surface area contributed by atoms with Gasteiger partial charge in [0, 0.05) is 17.1 Å². The van der Waals surface area contributed by atoms with Gasteiger partial charge < -0.3 is 9.67 Å². The Labute approximate surface area is 123 Å². The van der Waals surface area contributed by atoms with Crippen molar-refractivity contribution in [3.8, 4) is 11.4 Å². The first-order valence-corrected chi connectivity index (χ1v) is 7.27. The maximum Gasteiger partial charge on any atom is 0.313 e. The van der Waals surface area contributed by atoms with Crippen molar-refractivity contribution in [2.24, 2.45) is 7.05 Å². The Hall–Kier alpha value is -1.34. The summed E-state index contributed by atoms with van der Waals surface area (Å²) in [5.74, 6) is -0.164. The Balaban J connectivity index is 2.30. The van der Waals surface area contributed by atoms with Gasteiger partial charge in [-0.3, -0.25) is 4.79 Å². The summed E-state index contributed by atoms with van der Waals surface area (Å²) in [4.78, 5) is 10.6. The fourth-order valence-corrected chi connectivity index (χ4v) is 2.48. The predicted octanol–water partition coefficient (Wildman–Crippen LogP) is 2.73. The molecule has 0 amide bonds. The van der Waals surface area contributed by atoms with Gasteiger partial charge in [-0.05, 0) is 24.6 Å². The van der Waals surface area contributed by atoms with Crippen molar-refractivity contribution in [2.45, 2.75) is 12.1 Å². The molecule has 5 nitrogen and oxygen atoms in total. The number of benzene rings is 1. The van der Waals surface area contributed by atoms with Crippen molar-refractivity contribution in [3.63, 3.8) is 0 Å². The van der Waals surface area contributed by atoms with Crippen LogP contribution in [0.25, 0.3) is 11.4 Å². The van der Waals surface area contributed by atoms with Gasteiger partial charge in [0.1, 0.15) is 0 Å². The van der Waals surface area contributed by atoms with Crippen LogP contribution in [0, 0.1) is 6.92 Å². The molecule has 0 atom stereocenters. The van der Waals surface area contributed by atoms with E-state index in [0.29, 0.717) is 5.16 Å². The van der Waals surface area contributed by atoms with Gasteiger partial charge in [0.15, 0.2) is 11.0 Å². The summed E-state index contributed by atoms with van der Waals surface area (Å²) >= 11 is 4.61. The largest absolute Gasteiger partial charge is 0.481 e. The molecule has 0 spiro atoms. The number of thioether (sulfide) groups is 1. The van der Waals surface area contributed by atoms with Crippen LogP contribution in [0.3, 0.4) is 0 Å². The molecule has 0 aliphatic heterocycles. The highest BCUT2D eigenvalue weighted by Crippen LogP contribution is 2.26. The van der Waals surface area contributed by atoms with Gasteiger partial charge in [-0.1, -0.05) is 33.8 Å². The van der Waals surface area contributed by atoms with Crippen LogP contribution in [0.15, 0.2) is 27.8 Å². The highest BCUT2D eigenvalue weighted by Gasteiger charge is 2.12. The van der Waals surface area contributed by atoms with Crippen LogP contribution in [0.4, 0.5) is 0 Å². The number of carboxylic acids is 1. The average molecular weight is 342 g/mol. The van der Waals surface area contributed by atoms with Gasteiger partial charge in [-0.25, -0.2) is 0 Å². The molecule has 0 unspecified atom stereocenters. The van der Waals surface area contributed by atoms with Gasteiger partial charge in [0.2, 0.25) is 0 Å². The molecule has 1 aromatic carbocycles. The molecule has 1 N–H and O–H groups in total. The first-order valence-electron chi connectivity index (χ1n) is 5.49. The number of hydrogen-bond acceptors (Lipinski definition) is 4. The second-order valence-corrected chi connectivity index (χ2v) is 5.81. The Morgan fingerprint density at radius 2 is 2.21 bits per heavy atom. The van der Waals surface area contributed by atoms with Crippen LogP contribution >= 0.6 is 27.7 Å². The minimum absolute atomic E-state index is 0.0225. The van der Waals surface area contributed by atoms with E-state index in [4.69, 9.17) is 5.11 Å². The van der Waals surface area contributed by atoms with E-state index in [2.05, 4.69) is 26.1 Å². The van der Waals surface area contributed by atoms with Gasteiger partial charge in [-0.15, -0.1) is 10.2 Å². The van der Waals surface area contributed by atoms with Crippen molar-refractivity contribution in [3.05, 3.63) is 28.2 Å². The number of carbonyl (C=O) groups is 1. The highest BCUT2D eigenvalue weighted by molar-refractivity contribution is 9.10. The van der Waals surface area contributed by atoms with Crippen molar-refractivity contribution in [1.82, 2.24) is 14.8 Å². The van der Waals surface area contributed by atoms with Gasteiger partial charge in [-0.2, -0.15) is 0 Å². The molecular weight excluding hydrogens is 330 g/mol. The summed E-state index contributed by atoms with van der Waals surface area (Å²) in [7, 11) is 1.83. The molecule has 19 heavy (non-hydrogen) atoms. The topological polar surface area (TPSA) is 68.0 Å². The molecule has 1 heterocycles. The smallest absolute Gasteiger partial charge is 0.313 e. The molecule has 2 rings (SSSR count). The fraction of sp³-hybridized carbons (Fsp3) is 0.250. The zero-order valence-corrected chi connectivity index (χ0v) is 12.8. The maximum absolute atomic E-state index is 10.6. The summed E-state index contributed by atoms with van der Waals surface area (Å²) in [5.41, 5.74) is 2.07. The lowest BCUT2D eigenvalue weighted by molar-refractivity contribution is -0.133. The molecule has 0 fully saturated rings. The number of carboxylic acid groups (broad SMARTS) is 1. The Morgan fingerprint density at radius 3 is 2.84 bits per heavy atom. The molecule has 1 aromatic heterocycles. The van der Waals surface area contributed by atoms with E-state index in [0.717, 1.165) is 33.2 Å². The third kappa shape index (κ3) is 3.16. The van der Waals surface area contributed by atoms with Crippen molar-refractivity contribution >= 4 is 33.7 Å². The SMILES string of the molecule is Cc1cc(-c2nnc(SCC(=O)O)n2C)ccc1Br. The average Bonchev–Trinajstić information content (AvgIpc) is 2.72. The van der Waals surface area contributed by atoms with Crippen molar-refractivity contribution < 1.29 is 9.90 Å². The van der Waals surface area contributed by atoms with Gasteiger partial charge in [0.25, 0.3) is 0 Å². The predicted molar refractivity (Wildman–Crippen MR) is 77.2 cm³/mol. The Bertz CT molecular complexity index is 627. The lowest BCUT2D eigenvalue weighted by atomic mass is 10.1. The lowest BCUT2D eigenvalue weighted by Crippen LogP contribution is -2.01. The molecule has 0 aliphatic rings. The zero-order valence-electron chi connectivity index (χ0n) is 10.4. The molecule has 100 valence electrons. The standard InChI is InChI=1S/C12H12BrN3O2S/c1-7-5-8(3-4-9(7)13)11-14-15-12(16(11)2)19-6-10(17)18/h3-5H,6H2,1-2H3,(H,17,18). The third-order valence-corrected chi connectivity index (χ3v) is 4.47. The van der Waals surface area contributed by atoms with Gasteiger partial charge in [0.05, 0.1) is 5.75 Å². The first-order chi connectivity index (χ1) is 8.99. The molecule has 0 aliphatic carbocycles. The lowest BCUT2D eigenvalue weighted by Gasteiger charge is -2.05. The van der Waals surface area contributed by atoms with Crippen molar-refractivity contribution in [2.75, 3.05) is 5.75 Å². The minimum atomic E-state index is -0.867. The highest BCUT2D eigenvalue weighted by atomic mass is 79.9. The van der Waals surface area contributed by atoms with Crippen LogP contribution in [0.5, 0.6) is 0 Å². The number of hydrogen-bond donors (Lipinski definition) is 1. The van der Waals surface area contributed by atoms with Crippen molar-refractivity contribution in [1.29, 1.82) is 0 Å². The van der Waals surface area contributed by atoms with Crippen LogP contribution in [-0.2, 0) is 11.8 Å². The Kier molecular flexibility index (Phi) is 4.26. The second kappa shape index (κ2) is 5.75. The normalized spacial score (nSPS) is 10.7. The molecule has 7 heteroatoms. The monoisotopic (exact) mass is 341 g/mol. The van der Waals surface area contributed by atoms with Crippen LogP contribution in [0.1, 0.15) is 5.56 Å². The molecule has 0 radical (unpaired) electrons. The summed E-state index contributed by atoms with van der Waals surface area (Å²) in [6, 6.07) is 5.93. The molecule has 0 bridgehead atoms. The number of aryl methyl sites for hydroxylation is 1. The zero-order chi connectivity index (χ0) is 14.0. The molecular formula is C12H12BrN3O2S. The molecule has 0 saturated carbocycles. The van der Waals surface area contributed by atoms with Crippen LogP contribution < -0.4 is 0 Å². The van der Waals surface area contributed by atoms with E-state index in [9.17, 15) is 4.79 Å². The van der Waals surface area contributed by atoms with E-state index in [1.807, 2.05) is 32.2 Å². The summed E-state index contributed by atoms with van der Waals surface area (Å²) in [5, 5.41) is 17.4. The third-order valence-electron chi connectivity index (χ3n) is 2.58. The molecule has 0 saturated heterocycles. The van der Waals surface area contributed by atoms with E-state index < -0.39 is 5.97 Å². The summed E-state index contributed by atoms with van der Waals surface area (Å²) in [6.07, 6.45) is 0. The summed E-state index contributed by atoms with van der Waals surface area (Å²) < 4.78 is 2.84. The first kappa shape index (κ1) is 14.1. The molecule has 2 aromatic rings. The van der Waals surface area contributed by atoms with E-state index in [1.165, 1.54) is 0 Å². The number of nitrogens with zero attached hydrogens (tertiary/aromatic N) is 3. The van der Waals surface area contributed by atoms with E-state index in [1.54, 1.807) is 4.57 Å². The van der Waals surface area contributed by atoms with Gasteiger partial charge >= 0.3 is 5.97 Å².